The summed E-state index contributed by atoms with van der Waals surface area (Å²) in [5.41, 5.74) is 1.79. The van der Waals surface area contributed by atoms with Crippen molar-refractivity contribution in [3.63, 3.8) is 0 Å². The Balaban J connectivity index is 1.84. The van der Waals surface area contributed by atoms with Gasteiger partial charge in [0.1, 0.15) is 17.2 Å². The van der Waals surface area contributed by atoms with Crippen LogP contribution >= 0.6 is 0 Å². The molecule has 1 N–H and O–H groups in total. The molecule has 7 heteroatoms. The Morgan fingerprint density at radius 2 is 1.88 bits per heavy atom. The van der Waals surface area contributed by atoms with Crippen molar-refractivity contribution in [3.05, 3.63) is 71.9 Å². The number of hydrogen-bond donors (Lipinski definition) is 1. The monoisotopic (exact) mass is 351 g/mol. The first-order chi connectivity index (χ1) is 12.5. The summed E-state index contributed by atoms with van der Waals surface area (Å²) in [4.78, 5) is 27.2. The van der Waals surface area contributed by atoms with E-state index in [1.165, 1.54) is 18.3 Å². The topological polar surface area (TPSA) is 71.0 Å². The summed E-state index contributed by atoms with van der Waals surface area (Å²) < 4.78 is 13.1. The molecule has 0 aliphatic carbocycles. The van der Waals surface area contributed by atoms with Gasteiger partial charge in [-0.25, -0.2) is 14.4 Å². The van der Waals surface area contributed by atoms with Crippen molar-refractivity contribution in [1.82, 2.24) is 20.3 Å². The van der Waals surface area contributed by atoms with Gasteiger partial charge in [-0.3, -0.25) is 9.78 Å². The Morgan fingerprint density at radius 3 is 2.54 bits per heavy atom. The van der Waals surface area contributed by atoms with Gasteiger partial charge < -0.3 is 10.2 Å². The van der Waals surface area contributed by atoms with Gasteiger partial charge in [0, 0.05) is 32.1 Å². The Morgan fingerprint density at radius 1 is 1.12 bits per heavy atom. The van der Waals surface area contributed by atoms with Crippen LogP contribution in [0.2, 0.25) is 0 Å². The molecule has 3 aromatic rings. The number of halogens is 1. The number of nitrogens with zero attached hydrogens (tertiary/aromatic N) is 4. The van der Waals surface area contributed by atoms with Crippen LogP contribution in [0.3, 0.4) is 0 Å². The zero-order chi connectivity index (χ0) is 18.5. The predicted octanol–water partition coefficient (Wildman–Crippen LogP) is 2.67. The van der Waals surface area contributed by atoms with Crippen LogP contribution in [0.15, 0.2) is 54.9 Å². The van der Waals surface area contributed by atoms with E-state index in [-0.39, 0.29) is 11.7 Å². The quantitative estimate of drug-likeness (QED) is 0.765. The summed E-state index contributed by atoms with van der Waals surface area (Å²) in [6.45, 7) is 0.312. The second-order valence-electron chi connectivity index (χ2n) is 5.84. The molecule has 0 fully saturated rings. The number of nitrogens with one attached hydrogen (secondary N) is 1. The van der Waals surface area contributed by atoms with E-state index in [1.54, 1.807) is 37.3 Å². The Labute approximate surface area is 150 Å². The summed E-state index contributed by atoms with van der Waals surface area (Å²) in [7, 11) is 3.60. The molecule has 2 heterocycles. The fourth-order valence-corrected chi connectivity index (χ4v) is 2.38. The largest absolute Gasteiger partial charge is 0.362 e. The van der Waals surface area contributed by atoms with E-state index in [0.29, 0.717) is 29.3 Å². The summed E-state index contributed by atoms with van der Waals surface area (Å²) >= 11 is 0. The fourth-order valence-electron chi connectivity index (χ4n) is 2.38. The summed E-state index contributed by atoms with van der Waals surface area (Å²) in [5.74, 6) is 0.296. The highest BCUT2D eigenvalue weighted by atomic mass is 19.1. The normalized spacial score (nSPS) is 10.4. The smallest absolute Gasteiger partial charge is 0.256 e. The molecule has 1 amide bonds. The van der Waals surface area contributed by atoms with Gasteiger partial charge in [-0.05, 0) is 36.4 Å². The molecule has 6 nitrogen and oxygen atoms in total. The summed E-state index contributed by atoms with van der Waals surface area (Å²) in [5, 5.41) is 2.82. The number of hydrogen-bond acceptors (Lipinski definition) is 5. The van der Waals surface area contributed by atoms with Crippen LogP contribution < -0.4 is 10.2 Å². The highest BCUT2D eigenvalue weighted by Gasteiger charge is 2.17. The summed E-state index contributed by atoms with van der Waals surface area (Å²) in [6.07, 6.45) is 3.15. The van der Waals surface area contributed by atoms with Gasteiger partial charge in [-0.15, -0.1) is 0 Å². The molecule has 0 spiro atoms. The maximum Gasteiger partial charge on any atom is 0.256 e. The SMILES string of the molecule is CN(C)c1nc(-c2ccc(F)cc2)ncc1C(=O)NCc1ccccn1. The molecule has 3 rings (SSSR count). The predicted molar refractivity (Wildman–Crippen MR) is 97.2 cm³/mol. The number of carbonyl (C=O) groups is 1. The van der Waals surface area contributed by atoms with E-state index in [4.69, 9.17) is 0 Å². The van der Waals surface area contributed by atoms with E-state index >= 15 is 0 Å². The van der Waals surface area contributed by atoms with Gasteiger partial charge in [0.15, 0.2) is 5.82 Å². The lowest BCUT2D eigenvalue weighted by Crippen LogP contribution is -2.26. The van der Waals surface area contributed by atoms with Crippen LogP contribution in [-0.4, -0.2) is 35.0 Å². The maximum atomic E-state index is 13.1. The molecule has 0 saturated heterocycles. The number of benzene rings is 1. The standard InChI is InChI=1S/C19H18FN5O/c1-25(2)18-16(19(26)23-11-15-5-3-4-10-21-15)12-22-17(24-18)13-6-8-14(20)9-7-13/h3-10,12H,11H2,1-2H3,(H,23,26). The first-order valence-corrected chi connectivity index (χ1v) is 8.03. The van der Waals surface area contributed by atoms with Gasteiger partial charge in [0.05, 0.1) is 12.2 Å². The lowest BCUT2D eigenvalue weighted by molar-refractivity contribution is 0.0950. The van der Waals surface area contributed by atoms with Crippen LogP contribution in [0.5, 0.6) is 0 Å². The minimum atomic E-state index is -0.327. The highest BCUT2D eigenvalue weighted by Crippen LogP contribution is 2.21. The molecule has 0 saturated carbocycles. The first-order valence-electron chi connectivity index (χ1n) is 8.03. The van der Waals surface area contributed by atoms with E-state index < -0.39 is 0 Å². The lowest BCUT2D eigenvalue weighted by atomic mass is 10.2. The zero-order valence-corrected chi connectivity index (χ0v) is 14.5. The number of aromatic nitrogens is 3. The van der Waals surface area contributed by atoms with Gasteiger partial charge in [-0.2, -0.15) is 0 Å². The van der Waals surface area contributed by atoms with Crippen LogP contribution in [0.1, 0.15) is 16.1 Å². The van der Waals surface area contributed by atoms with Gasteiger partial charge in [0.25, 0.3) is 5.91 Å². The van der Waals surface area contributed by atoms with Crippen molar-refractivity contribution in [2.75, 3.05) is 19.0 Å². The van der Waals surface area contributed by atoms with Crippen LogP contribution in [0.4, 0.5) is 10.2 Å². The molecule has 0 aliphatic heterocycles. The van der Waals surface area contributed by atoms with E-state index in [1.807, 2.05) is 18.2 Å². The van der Waals surface area contributed by atoms with Gasteiger partial charge in [0.2, 0.25) is 0 Å². The zero-order valence-electron chi connectivity index (χ0n) is 14.5. The molecular formula is C19H18FN5O. The molecule has 132 valence electrons. The van der Waals surface area contributed by atoms with Crippen LogP contribution in [0.25, 0.3) is 11.4 Å². The average Bonchev–Trinajstić information content (AvgIpc) is 2.67. The van der Waals surface area contributed by atoms with Gasteiger partial charge >= 0.3 is 0 Å². The molecular weight excluding hydrogens is 333 g/mol. The molecule has 0 radical (unpaired) electrons. The number of anilines is 1. The molecule has 0 atom stereocenters. The third-order valence-electron chi connectivity index (χ3n) is 3.70. The van der Waals surface area contributed by atoms with Crippen molar-refractivity contribution in [3.8, 4) is 11.4 Å². The van der Waals surface area contributed by atoms with Crippen molar-refractivity contribution in [2.24, 2.45) is 0 Å². The second kappa shape index (κ2) is 7.69. The Bertz CT molecular complexity index is 898. The number of rotatable bonds is 5. The molecule has 0 unspecified atom stereocenters. The van der Waals surface area contributed by atoms with Crippen LogP contribution in [0, 0.1) is 5.82 Å². The third-order valence-corrected chi connectivity index (χ3v) is 3.70. The van der Waals surface area contributed by atoms with E-state index in [2.05, 4.69) is 20.3 Å². The lowest BCUT2D eigenvalue weighted by Gasteiger charge is -2.16. The Kier molecular flexibility index (Phi) is 5.17. The Hall–Kier alpha value is -3.35. The minimum Gasteiger partial charge on any atom is -0.362 e. The van der Waals surface area contributed by atoms with E-state index in [9.17, 15) is 9.18 Å². The highest BCUT2D eigenvalue weighted by molar-refractivity contribution is 5.98. The molecule has 0 aliphatic rings. The first kappa shape index (κ1) is 17.5. The van der Waals surface area contributed by atoms with Gasteiger partial charge in [-0.1, -0.05) is 6.07 Å². The van der Waals surface area contributed by atoms with Crippen molar-refractivity contribution >= 4 is 11.7 Å². The van der Waals surface area contributed by atoms with Crippen molar-refractivity contribution < 1.29 is 9.18 Å². The third kappa shape index (κ3) is 4.00. The number of amides is 1. The number of carbonyl (C=O) groups excluding carboxylic acids is 1. The molecule has 0 bridgehead atoms. The minimum absolute atomic E-state index is 0.287. The van der Waals surface area contributed by atoms with E-state index in [0.717, 1.165) is 5.69 Å². The van der Waals surface area contributed by atoms with Crippen molar-refractivity contribution in [1.29, 1.82) is 0 Å². The molecule has 1 aromatic carbocycles. The molecule has 26 heavy (non-hydrogen) atoms. The van der Waals surface area contributed by atoms with Crippen LogP contribution in [-0.2, 0) is 6.54 Å². The second-order valence-corrected chi connectivity index (χ2v) is 5.84. The number of pyridine rings is 1. The fraction of sp³-hybridized carbons (Fsp3) is 0.158. The molecule has 2 aromatic heterocycles. The average molecular weight is 351 g/mol. The summed E-state index contributed by atoms with van der Waals surface area (Å²) in [6, 6.07) is 11.4. The van der Waals surface area contributed by atoms with Crippen molar-refractivity contribution in [2.45, 2.75) is 6.54 Å². The maximum absolute atomic E-state index is 13.1.